The Morgan fingerprint density at radius 3 is 2.18 bits per heavy atom. The molecule has 0 saturated carbocycles. The average Bonchev–Trinajstić information content (AvgIpc) is 3.83. The predicted octanol–water partition coefficient (Wildman–Crippen LogP) is 6.17. The van der Waals surface area contributed by atoms with Crippen molar-refractivity contribution in [2.24, 2.45) is 5.16 Å². The van der Waals surface area contributed by atoms with Crippen molar-refractivity contribution in [2.45, 2.75) is 131 Å². The van der Waals surface area contributed by atoms with Gasteiger partial charge in [-0.05, 0) is 87.3 Å². The van der Waals surface area contributed by atoms with Gasteiger partial charge in [0.1, 0.15) is 28.6 Å². The lowest BCUT2D eigenvalue weighted by Crippen LogP contribution is -2.72. The fourth-order valence-electron chi connectivity index (χ4n) is 4.81. The summed E-state index contributed by atoms with van der Waals surface area (Å²) in [6.07, 6.45) is 6.35. The molecule has 3 rings (SSSR count). The second-order valence-electron chi connectivity index (χ2n) is 16.2. The summed E-state index contributed by atoms with van der Waals surface area (Å²) in [4.78, 5) is 74.7. The predicted molar refractivity (Wildman–Crippen MR) is 225 cm³/mol. The van der Waals surface area contributed by atoms with Crippen LogP contribution in [-0.4, -0.2) is 94.3 Å². The second-order valence-corrected chi connectivity index (χ2v) is 17.0. The van der Waals surface area contributed by atoms with Crippen LogP contribution in [0.3, 0.4) is 0 Å². The first kappa shape index (κ1) is 48.6. The van der Waals surface area contributed by atoms with E-state index in [9.17, 15) is 24.0 Å². The minimum atomic E-state index is -1.65. The van der Waals surface area contributed by atoms with Crippen molar-refractivity contribution in [3.63, 3.8) is 0 Å². The summed E-state index contributed by atoms with van der Waals surface area (Å²) < 4.78 is 28.0. The van der Waals surface area contributed by atoms with Crippen molar-refractivity contribution in [1.82, 2.24) is 26.1 Å². The van der Waals surface area contributed by atoms with Crippen molar-refractivity contribution in [3.05, 3.63) is 58.8 Å². The third kappa shape index (κ3) is 15.1. The number of thiazole rings is 1. The van der Waals surface area contributed by atoms with Crippen molar-refractivity contribution in [3.8, 4) is 0 Å². The van der Waals surface area contributed by atoms with Gasteiger partial charge in [-0.3, -0.25) is 19.7 Å². The Labute approximate surface area is 354 Å². The molecule has 0 aliphatic carbocycles. The number of esters is 1. The number of anilines is 1. The highest BCUT2D eigenvalue weighted by molar-refractivity contribution is 7.14. The van der Waals surface area contributed by atoms with Gasteiger partial charge < -0.3 is 44.3 Å². The lowest BCUT2D eigenvalue weighted by molar-refractivity contribution is -0.179. The summed E-state index contributed by atoms with van der Waals surface area (Å²) in [7, 11) is 0. The molecule has 0 aromatic carbocycles. The molecule has 4 N–H and O–H groups in total. The molecule has 3 heterocycles. The largest absolute Gasteiger partial charge is 0.490 e. The molecule has 0 unspecified atom stereocenters. The number of β-lactam (4-membered cyclic amide) rings is 1. The van der Waals surface area contributed by atoms with E-state index in [-0.39, 0.29) is 23.1 Å². The molecular weight excluding hydrogens is 799 g/mol. The van der Waals surface area contributed by atoms with Crippen LogP contribution in [0.5, 0.6) is 0 Å². The van der Waals surface area contributed by atoms with Crippen LogP contribution in [0.25, 0.3) is 5.57 Å². The molecule has 0 radical (unpaired) electrons. The summed E-state index contributed by atoms with van der Waals surface area (Å²) in [5.41, 5.74) is -3.03. The van der Waals surface area contributed by atoms with E-state index in [0.29, 0.717) is 36.0 Å². The number of oxime groups is 1. The molecule has 0 spiro atoms. The Balaban J connectivity index is 1.75. The van der Waals surface area contributed by atoms with Gasteiger partial charge in [-0.15, -0.1) is 11.3 Å². The van der Waals surface area contributed by atoms with Crippen LogP contribution >= 0.6 is 11.3 Å². The number of hydrogen-bond donors (Lipinski definition) is 4. The number of allylic oxidation sites excluding steroid dienone is 3. The van der Waals surface area contributed by atoms with Gasteiger partial charge >= 0.3 is 12.1 Å². The van der Waals surface area contributed by atoms with Gasteiger partial charge in [0.25, 0.3) is 11.8 Å². The summed E-state index contributed by atoms with van der Waals surface area (Å²) in [6, 6.07) is -0.451. The number of hydrogen-bond acceptors (Lipinski definition) is 15. The number of ether oxygens (including phenoxy) is 4. The monoisotopic (exact) mass is 857 g/mol. The maximum absolute atomic E-state index is 13.8. The van der Waals surface area contributed by atoms with Crippen LogP contribution < -0.4 is 21.3 Å². The maximum Gasteiger partial charge on any atom is 0.413 e. The Kier molecular flexibility index (Phi) is 17.4. The van der Waals surface area contributed by atoms with Gasteiger partial charge in [-0.2, -0.15) is 0 Å². The van der Waals surface area contributed by atoms with E-state index in [0.717, 1.165) is 37.0 Å². The highest BCUT2D eigenvalue weighted by Crippen LogP contribution is 2.24. The highest BCUT2D eigenvalue weighted by atomic mass is 32.1. The molecule has 2 aromatic rings. The van der Waals surface area contributed by atoms with Crippen molar-refractivity contribution >= 4 is 57.5 Å². The topological polar surface area (TPSA) is 231 Å². The quantitative estimate of drug-likeness (QED) is 0.0210. The zero-order chi connectivity index (χ0) is 44.8. The SMILES string of the molecule is C=C(/C=C(OCCCC)\C(=C/C)OCCCC)c1cc(C(=O)NC[C@H]2NC(=O)[C@H]2NC(=O)/C(=N\OC(C)(C)C(=O)OC(C)(C)C)c2csc(NC(=O)OC(C)(C)C)n2)on1. The Bertz CT molecular complexity index is 1950. The molecule has 1 saturated heterocycles. The van der Waals surface area contributed by atoms with Gasteiger partial charge in [0.05, 0.1) is 19.3 Å². The van der Waals surface area contributed by atoms with E-state index < -0.39 is 64.4 Å². The molecule has 0 bridgehead atoms. The third-order valence-electron chi connectivity index (χ3n) is 7.99. The van der Waals surface area contributed by atoms with E-state index in [2.05, 4.69) is 57.0 Å². The van der Waals surface area contributed by atoms with Gasteiger partial charge in [0, 0.05) is 23.6 Å². The highest BCUT2D eigenvalue weighted by Gasteiger charge is 2.42. The number of rotatable bonds is 21. The van der Waals surface area contributed by atoms with Crippen LogP contribution in [0.15, 0.2) is 51.4 Å². The average molecular weight is 858 g/mol. The van der Waals surface area contributed by atoms with Crippen molar-refractivity contribution < 1.29 is 52.3 Å². The maximum atomic E-state index is 13.8. The first-order valence-corrected chi connectivity index (χ1v) is 20.6. The molecule has 1 fully saturated rings. The Hall–Kier alpha value is -5.72. The molecule has 19 heteroatoms. The fraction of sp³-hybridized carbons (Fsp3) is 0.561. The van der Waals surface area contributed by atoms with Crippen LogP contribution in [0.4, 0.5) is 9.93 Å². The van der Waals surface area contributed by atoms with Gasteiger partial charge in [0.2, 0.25) is 17.3 Å². The summed E-state index contributed by atoms with van der Waals surface area (Å²) in [5, 5.41) is 19.9. The third-order valence-corrected chi connectivity index (χ3v) is 8.75. The number of amides is 4. The number of nitrogens with zero attached hydrogens (tertiary/aromatic N) is 3. The van der Waals surface area contributed by atoms with E-state index in [4.69, 9.17) is 28.3 Å². The number of carbonyl (C=O) groups is 5. The zero-order valence-electron chi connectivity index (χ0n) is 36.4. The minimum absolute atomic E-state index is 0.0451. The van der Waals surface area contributed by atoms with Gasteiger partial charge in [-0.25, -0.2) is 14.6 Å². The van der Waals surface area contributed by atoms with Crippen LogP contribution in [-0.2, 0) is 38.2 Å². The zero-order valence-corrected chi connectivity index (χ0v) is 37.2. The first-order chi connectivity index (χ1) is 28.1. The minimum Gasteiger partial charge on any atom is -0.490 e. The molecule has 2 atom stereocenters. The molecular formula is C41H59N7O11S. The van der Waals surface area contributed by atoms with E-state index in [1.807, 2.05) is 13.0 Å². The number of nitrogens with one attached hydrogen (secondary N) is 4. The van der Waals surface area contributed by atoms with E-state index in [1.54, 1.807) is 47.6 Å². The molecule has 1 aliphatic rings. The summed E-state index contributed by atoms with van der Waals surface area (Å²) in [6.45, 7) is 23.9. The number of aromatic nitrogens is 2. The van der Waals surface area contributed by atoms with Crippen LogP contribution in [0.2, 0.25) is 0 Å². The van der Waals surface area contributed by atoms with Crippen molar-refractivity contribution in [1.29, 1.82) is 0 Å². The molecule has 2 aromatic heterocycles. The smallest absolute Gasteiger partial charge is 0.413 e. The standard InChI is InChI=1S/C41H59N7O11S/c1-13-16-18-54-28(15-3)29(55-19-17-14-2)20-24(4)25-21-30(58-47-25)33(49)42-22-26-31(34(50)43-26)45-35(51)32(48-59-41(11,12)36(52)56-39(5,6)7)27-23-60-37(44-27)46-38(53)57-40(8,9)10/h15,20-21,23,26,31H,4,13-14,16-19,22H2,1-3,5-12H3,(H,42,49)(H,43,50)(H,45,51)(H,44,46,53)/b28-15+,29-20+,48-32-/t26-,31+/m1/s1. The summed E-state index contributed by atoms with van der Waals surface area (Å²) in [5.74, 6) is -1.91. The van der Waals surface area contributed by atoms with Crippen LogP contribution in [0.1, 0.15) is 124 Å². The fourth-order valence-corrected chi connectivity index (χ4v) is 5.49. The van der Waals surface area contributed by atoms with E-state index in [1.165, 1.54) is 25.3 Å². The Morgan fingerprint density at radius 2 is 1.60 bits per heavy atom. The van der Waals surface area contributed by atoms with E-state index >= 15 is 0 Å². The molecule has 60 heavy (non-hydrogen) atoms. The van der Waals surface area contributed by atoms with Gasteiger partial charge in [-0.1, -0.05) is 43.6 Å². The van der Waals surface area contributed by atoms with Gasteiger partial charge in [0.15, 0.2) is 22.4 Å². The Morgan fingerprint density at radius 1 is 0.967 bits per heavy atom. The first-order valence-electron chi connectivity index (χ1n) is 19.7. The normalized spacial score (nSPS) is 16.2. The summed E-state index contributed by atoms with van der Waals surface area (Å²) >= 11 is 0.967. The number of carbonyl (C=O) groups excluding carboxylic acids is 5. The lowest BCUT2D eigenvalue weighted by Gasteiger charge is -2.37. The molecule has 18 nitrogen and oxygen atoms in total. The number of unbranched alkanes of at least 4 members (excludes halogenated alkanes) is 2. The molecule has 1 aliphatic heterocycles. The van der Waals surface area contributed by atoms with Crippen LogP contribution in [0, 0.1) is 0 Å². The molecule has 4 amide bonds. The molecule has 330 valence electrons. The lowest BCUT2D eigenvalue weighted by atomic mass is 9.98. The van der Waals surface area contributed by atoms with Crippen molar-refractivity contribution in [2.75, 3.05) is 25.1 Å². The second kappa shape index (κ2) is 21.5.